The van der Waals surface area contributed by atoms with Crippen LogP contribution in [0, 0.1) is 0 Å². The molecule has 0 amide bonds. The fourth-order valence-electron chi connectivity index (χ4n) is 2.90. The molecule has 1 N–H and O–H groups in total. The van der Waals surface area contributed by atoms with Crippen LogP contribution in [0.5, 0.6) is 0 Å². The molecule has 2 atom stereocenters. The predicted octanol–water partition coefficient (Wildman–Crippen LogP) is 4.69. The van der Waals surface area contributed by atoms with Crippen LogP contribution in [0.1, 0.15) is 42.0 Å². The van der Waals surface area contributed by atoms with Gasteiger partial charge in [-0.2, -0.15) is 0 Å². The summed E-state index contributed by atoms with van der Waals surface area (Å²) >= 11 is 5.44. The van der Waals surface area contributed by atoms with Gasteiger partial charge in [0.1, 0.15) is 0 Å². The van der Waals surface area contributed by atoms with E-state index in [2.05, 4.69) is 51.3 Å². The van der Waals surface area contributed by atoms with Crippen LogP contribution in [0.2, 0.25) is 0 Å². The monoisotopic (exact) mass is 351 g/mol. The highest BCUT2D eigenvalue weighted by atomic mass is 79.9. The number of benzene rings is 1. The van der Waals surface area contributed by atoms with Crippen molar-refractivity contribution in [1.82, 2.24) is 0 Å². The van der Waals surface area contributed by atoms with Crippen LogP contribution in [0.3, 0.4) is 0 Å². The maximum absolute atomic E-state index is 9.72. The summed E-state index contributed by atoms with van der Waals surface area (Å²) in [6, 6.07) is 8.90. The van der Waals surface area contributed by atoms with Crippen LogP contribution in [0.4, 0.5) is 5.69 Å². The van der Waals surface area contributed by atoms with Crippen molar-refractivity contribution in [2.45, 2.75) is 32.4 Å². The second kappa shape index (κ2) is 5.51. The molecule has 20 heavy (non-hydrogen) atoms. The van der Waals surface area contributed by atoms with Crippen molar-refractivity contribution < 1.29 is 5.11 Å². The van der Waals surface area contributed by atoms with Gasteiger partial charge in [-0.3, -0.25) is 0 Å². The Labute approximate surface area is 132 Å². The van der Waals surface area contributed by atoms with E-state index in [1.54, 1.807) is 6.92 Å². The maximum atomic E-state index is 9.72. The van der Waals surface area contributed by atoms with E-state index in [0.29, 0.717) is 6.04 Å². The molecule has 1 unspecified atom stereocenters. The van der Waals surface area contributed by atoms with Gasteiger partial charge in [0.2, 0.25) is 0 Å². The van der Waals surface area contributed by atoms with Crippen molar-refractivity contribution in [3.8, 4) is 0 Å². The number of halogens is 1. The predicted molar refractivity (Wildman–Crippen MR) is 88.6 cm³/mol. The summed E-state index contributed by atoms with van der Waals surface area (Å²) < 4.78 is 0.980. The highest BCUT2D eigenvalue weighted by molar-refractivity contribution is 9.10. The van der Waals surface area contributed by atoms with Gasteiger partial charge in [0.15, 0.2) is 0 Å². The molecule has 1 aliphatic heterocycles. The van der Waals surface area contributed by atoms with E-state index in [1.807, 2.05) is 17.4 Å². The van der Waals surface area contributed by atoms with Gasteiger partial charge in [0.25, 0.3) is 0 Å². The van der Waals surface area contributed by atoms with Gasteiger partial charge in [0.05, 0.1) is 12.1 Å². The number of nitrogens with zero attached hydrogens (tertiary/aromatic N) is 1. The number of aliphatic hydroxyl groups excluding tert-OH is 1. The molecule has 0 spiro atoms. The normalized spacial score (nSPS) is 19.8. The van der Waals surface area contributed by atoms with E-state index in [-0.39, 0.29) is 0 Å². The van der Waals surface area contributed by atoms with E-state index in [0.717, 1.165) is 23.0 Å². The van der Waals surface area contributed by atoms with Gasteiger partial charge < -0.3 is 10.0 Å². The Kier molecular flexibility index (Phi) is 3.89. The first-order valence-electron chi connectivity index (χ1n) is 6.88. The van der Waals surface area contributed by atoms with Gasteiger partial charge in [-0.15, -0.1) is 11.3 Å². The van der Waals surface area contributed by atoms with Crippen molar-refractivity contribution in [3.05, 3.63) is 50.1 Å². The first-order valence-corrected chi connectivity index (χ1v) is 8.55. The molecule has 1 aromatic heterocycles. The molecule has 2 aromatic rings. The van der Waals surface area contributed by atoms with Gasteiger partial charge in [-0.1, -0.05) is 22.0 Å². The van der Waals surface area contributed by atoms with E-state index in [4.69, 9.17) is 0 Å². The van der Waals surface area contributed by atoms with Crippen molar-refractivity contribution in [1.29, 1.82) is 0 Å². The molecule has 0 bridgehead atoms. The van der Waals surface area contributed by atoms with Crippen LogP contribution < -0.4 is 4.90 Å². The second-order valence-corrected chi connectivity index (χ2v) is 7.16. The molecule has 0 aliphatic carbocycles. The lowest BCUT2D eigenvalue weighted by atomic mass is 10.00. The molecule has 3 rings (SSSR count). The maximum Gasteiger partial charge on any atom is 0.0772 e. The van der Waals surface area contributed by atoms with E-state index >= 15 is 0 Å². The topological polar surface area (TPSA) is 23.5 Å². The minimum Gasteiger partial charge on any atom is -0.389 e. The first kappa shape index (κ1) is 14.1. The Bertz CT molecular complexity index is 623. The van der Waals surface area contributed by atoms with Crippen molar-refractivity contribution in [2.75, 3.05) is 11.4 Å². The van der Waals surface area contributed by atoms with E-state index in [9.17, 15) is 5.11 Å². The quantitative estimate of drug-likeness (QED) is 0.848. The summed E-state index contributed by atoms with van der Waals surface area (Å²) in [5, 5.41) is 11.9. The Morgan fingerprint density at radius 1 is 1.40 bits per heavy atom. The Morgan fingerprint density at radius 3 is 2.90 bits per heavy atom. The van der Waals surface area contributed by atoms with Crippen molar-refractivity contribution in [3.63, 3.8) is 0 Å². The molecular weight excluding hydrogens is 334 g/mol. The van der Waals surface area contributed by atoms with Gasteiger partial charge in [-0.05, 0) is 55.0 Å². The third-order valence-corrected chi connectivity index (χ3v) is 5.73. The van der Waals surface area contributed by atoms with Crippen LogP contribution in [-0.2, 0) is 6.42 Å². The molecule has 1 aliphatic rings. The second-order valence-electron chi connectivity index (χ2n) is 5.30. The molecule has 2 nitrogen and oxygen atoms in total. The average molecular weight is 352 g/mol. The molecule has 0 radical (unpaired) electrons. The summed E-state index contributed by atoms with van der Waals surface area (Å²) in [5.41, 5.74) is 3.61. The molecule has 106 valence electrons. The number of aliphatic hydroxyl groups is 1. The lowest BCUT2D eigenvalue weighted by molar-refractivity contribution is 0.198. The zero-order valence-corrected chi connectivity index (χ0v) is 14.0. The highest BCUT2D eigenvalue weighted by Crippen LogP contribution is 2.37. The van der Waals surface area contributed by atoms with Gasteiger partial charge >= 0.3 is 0 Å². The third kappa shape index (κ3) is 2.41. The summed E-state index contributed by atoms with van der Waals surface area (Å²) in [6.45, 7) is 5.11. The smallest absolute Gasteiger partial charge is 0.0772 e. The number of thiophene rings is 1. The SMILES string of the molecule is CC1c2ccsc2CCN1c1ccc([C@H](C)O)c(Br)c1. The minimum absolute atomic E-state index is 0.411. The fraction of sp³-hybridized carbons (Fsp3) is 0.375. The zero-order chi connectivity index (χ0) is 14.3. The Hall–Kier alpha value is -0.840. The van der Waals surface area contributed by atoms with Gasteiger partial charge in [0, 0.05) is 21.6 Å². The van der Waals surface area contributed by atoms with Crippen LogP contribution >= 0.6 is 27.3 Å². The molecule has 0 saturated carbocycles. The fourth-order valence-corrected chi connectivity index (χ4v) is 4.56. The number of anilines is 1. The van der Waals surface area contributed by atoms with E-state index in [1.165, 1.54) is 16.1 Å². The molecule has 1 aromatic carbocycles. The lowest BCUT2D eigenvalue weighted by Crippen LogP contribution is -2.33. The summed E-state index contributed by atoms with van der Waals surface area (Å²) in [7, 11) is 0. The largest absolute Gasteiger partial charge is 0.389 e. The molecule has 2 heterocycles. The minimum atomic E-state index is -0.444. The number of rotatable bonds is 2. The number of fused-ring (bicyclic) bond motifs is 1. The lowest BCUT2D eigenvalue weighted by Gasteiger charge is -2.36. The van der Waals surface area contributed by atoms with E-state index < -0.39 is 6.10 Å². The Balaban J connectivity index is 1.93. The average Bonchev–Trinajstić information content (AvgIpc) is 2.87. The first-order chi connectivity index (χ1) is 9.58. The summed E-state index contributed by atoms with van der Waals surface area (Å²) in [5.74, 6) is 0. The Morgan fingerprint density at radius 2 is 2.20 bits per heavy atom. The van der Waals surface area contributed by atoms with Crippen molar-refractivity contribution >= 4 is 33.0 Å². The number of hydrogen-bond donors (Lipinski definition) is 1. The summed E-state index contributed by atoms with van der Waals surface area (Å²) in [4.78, 5) is 3.96. The number of hydrogen-bond acceptors (Lipinski definition) is 3. The third-order valence-electron chi connectivity index (χ3n) is 4.04. The van der Waals surface area contributed by atoms with Gasteiger partial charge in [-0.25, -0.2) is 0 Å². The molecule has 0 saturated heterocycles. The standard InChI is InChI=1S/C16H18BrNOS/c1-10-13-6-8-20-16(13)5-7-18(10)12-3-4-14(11(2)19)15(17)9-12/h3-4,6,8-11,19H,5,7H2,1-2H3/t10?,11-/m0/s1. The molecular formula is C16H18BrNOS. The summed E-state index contributed by atoms with van der Waals surface area (Å²) in [6.07, 6.45) is 0.674. The molecule has 4 heteroatoms. The highest BCUT2D eigenvalue weighted by Gasteiger charge is 2.25. The van der Waals surface area contributed by atoms with Crippen LogP contribution in [0.15, 0.2) is 34.1 Å². The van der Waals surface area contributed by atoms with Crippen LogP contribution in [0.25, 0.3) is 0 Å². The zero-order valence-electron chi connectivity index (χ0n) is 11.6. The van der Waals surface area contributed by atoms with Crippen molar-refractivity contribution in [2.24, 2.45) is 0 Å². The van der Waals surface area contributed by atoms with Crippen LogP contribution in [-0.4, -0.2) is 11.7 Å². The molecule has 0 fully saturated rings.